The molecule has 17 heavy (non-hydrogen) atoms. The maximum absolute atomic E-state index is 13.6. The Bertz CT molecular complexity index is 432. The van der Waals surface area contributed by atoms with Crippen LogP contribution < -0.4 is 5.32 Å². The highest BCUT2D eigenvalue weighted by molar-refractivity contribution is 5.51. The van der Waals surface area contributed by atoms with Gasteiger partial charge in [0, 0.05) is 6.04 Å². The molecular formula is C13H16F2N2. The molecule has 0 fully saturated rings. The van der Waals surface area contributed by atoms with Gasteiger partial charge in [-0.05, 0) is 24.5 Å². The highest BCUT2D eigenvalue weighted by Gasteiger charge is 2.22. The molecule has 0 bridgehead atoms. The number of benzene rings is 1. The number of nitrogens with zero attached hydrogens (tertiary/aromatic N) is 1. The number of nitriles is 1. The second kappa shape index (κ2) is 4.70. The van der Waals surface area contributed by atoms with Crippen LogP contribution in [0, 0.1) is 28.4 Å². The molecule has 1 rings (SSSR count). The third-order valence-electron chi connectivity index (χ3n) is 2.83. The van der Waals surface area contributed by atoms with Crippen molar-refractivity contribution in [2.75, 3.05) is 5.32 Å². The SMILES string of the molecule is CC(Nc1c(F)cc(C#N)cc1F)C(C)(C)C. The van der Waals surface area contributed by atoms with Crippen LogP contribution in [0.4, 0.5) is 14.5 Å². The van der Waals surface area contributed by atoms with E-state index in [0.717, 1.165) is 12.1 Å². The van der Waals surface area contributed by atoms with Crippen molar-refractivity contribution in [1.82, 2.24) is 0 Å². The summed E-state index contributed by atoms with van der Waals surface area (Å²) in [7, 11) is 0. The van der Waals surface area contributed by atoms with Gasteiger partial charge in [-0.25, -0.2) is 8.78 Å². The van der Waals surface area contributed by atoms with Crippen molar-refractivity contribution in [3.63, 3.8) is 0 Å². The van der Waals surface area contributed by atoms with E-state index in [0.29, 0.717) is 0 Å². The lowest BCUT2D eigenvalue weighted by Crippen LogP contribution is -2.31. The van der Waals surface area contributed by atoms with Crippen molar-refractivity contribution in [1.29, 1.82) is 5.26 Å². The van der Waals surface area contributed by atoms with E-state index in [9.17, 15) is 8.78 Å². The highest BCUT2D eigenvalue weighted by Crippen LogP contribution is 2.26. The Labute approximate surface area is 100 Å². The van der Waals surface area contributed by atoms with Crippen molar-refractivity contribution >= 4 is 5.69 Å². The number of rotatable bonds is 2. The largest absolute Gasteiger partial charge is 0.377 e. The minimum atomic E-state index is -0.738. The molecule has 0 aliphatic carbocycles. The fraction of sp³-hybridized carbons (Fsp3) is 0.462. The number of anilines is 1. The van der Waals surface area contributed by atoms with E-state index in [4.69, 9.17) is 5.26 Å². The van der Waals surface area contributed by atoms with Gasteiger partial charge in [0.2, 0.25) is 0 Å². The summed E-state index contributed by atoms with van der Waals surface area (Å²) in [5.41, 5.74) is -0.312. The summed E-state index contributed by atoms with van der Waals surface area (Å²) >= 11 is 0. The molecule has 0 amide bonds. The van der Waals surface area contributed by atoms with Crippen molar-refractivity contribution < 1.29 is 8.78 Å². The average Bonchev–Trinajstić information content (AvgIpc) is 2.21. The van der Waals surface area contributed by atoms with Crippen molar-refractivity contribution in [2.24, 2.45) is 5.41 Å². The molecule has 0 saturated heterocycles. The molecule has 0 spiro atoms. The lowest BCUT2D eigenvalue weighted by Gasteiger charge is -2.29. The molecule has 1 N–H and O–H groups in total. The standard InChI is InChI=1S/C13H16F2N2/c1-8(13(2,3)4)17-12-10(14)5-9(7-16)6-11(12)15/h5-6,8,17H,1-4H3. The van der Waals surface area contributed by atoms with E-state index < -0.39 is 11.6 Å². The summed E-state index contributed by atoms with van der Waals surface area (Å²) in [6.07, 6.45) is 0. The number of halogens is 2. The fourth-order valence-corrected chi connectivity index (χ4v) is 1.21. The average molecular weight is 238 g/mol. The molecule has 0 aromatic heterocycles. The second-order valence-electron chi connectivity index (χ2n) is 5.16. The van der Waals surface area contributed by atoms with Gasteiger partial charge in [0.15, 0.2) is 11.6 Å². The maximum Gasteiger partial charge on any atom is 0.150 e. The molecule has 0 radical (unpaired) electrons. The highest BCUT2D eigenvalue weighted by atomic mass is 19.1. The first-order valence-electron chi connectivity index (χ1n) is 5.41. The number of nitrogens with one attached hydrogen (secondary N) is 1. The van der Waals surface area contributed by atoms with Crippen LogP contribution in [-0.2, 0) is 0 Å². The third kappa shape index (κ3) is 3.16. The summed E-state index contributed by atoms with van der Waals surface area (Å²) < 4.78 is 27.2. The monoisotopic (exact) mass is 238 g/mol. The second-order valence-corrected chi connectivity index (χ2v) is 5.16. The van der Waals surface area contributed by atoms with Gasteiger partial charge in [-0.1, -0.05) is 20.8 Å². The number of hydrogen-bond donors (Lipinski definition) is 1. The molecule has 4 heteroatoms. The lowest BCUT2D eigenvalue weighted by atomic mass is 9.88. The van der Waals surface area contributed by atoms with Crippen LogP contribution in [0.1, 0.15) is 33.3 Å². The fourth-order valence-electron chi connectivity index (χ4n) is 1.21. The minimum absolute atomic E-state index is 0.0195. The van der Waals surface area contributed by atoms with E-state index in [2.05, 4.69) is 5.32 Å². The molecule has 92 valence electrons. The van der Waals surface area contributed by atoms with E-state index in [1.165, 1.54) is 0 Å². The van der Waals surface area contributed by atoms with Crippen LogP contribution in [-0.4, -0.2) is 6.04 Å². The van der Waals surface area contributed by atoms with Crippen LogP contribution in [0.15, 0.2) is 12.1 Å². The number of hydrogen-bond acceptors (Lipinski definition) is 2. The van der Waals surface area contributed by atoms with E-state index in [1.807, 2.05) is 27.7 Å². The molecular weight excluding hydrogens is 222 g/mol. The Hall–Kier alpha value is -1.63. The zero-order valence-corrected chi connectivity index (χ0v) is 10.4. The van der Waals surface area contributed by atoms with E-state index in [-0.39, 0.29) is 22.7 Å². The van der Waals surface area contributed by atoms with Crippen LogP contribution in [0.5, 0.6) is 0 Å². The van der Waals surface area contributed by atoms with Crippen LogP contribution in [0.25, 0.3) is 0 Å². The topological polar surface area (TPSA) is 35.8 Å². The normalized spacial score (nSPS) is 13.0. The van der Waals surface area contributed by atoms with Crippen molar-refractivity contribution in [3.8, 4) is 6.07 Å². The first kappa shape index (κ1) is 13.4. The Morgan fingerprint density at radius 2 is 1.71 bits per heavy atom. The molecule has 0 heterocycles. The van der Waals surface area contributed by atoms with Gasteiger partial charge in [0.05, 0.1) is 11.6 Å². The molecule has 0 saturated carbocycles. The molecule has 1 aromatic carbocycles. The van der Waals surface area contributed by atoms with Gasteiger partial charge in [-0.3, -0.25) is 0 Å². The summed E-state index contributed by atoms with van der Waals surface area (Å²) in [5, 5.41) is 11.4. The van der Waals surface area contributed by atoms with Crippen molar-refractivity contribution in [3.05, 3.63) is 29.3 Å². The van der Waals surface area contributed by atoms with Crippen LogP contribution >= 0.6 is 0 Å². The lowest BCUT2D eigenvalue weighted by molar-refractivity contribution is 0.357. The summed E-state index contributed by atoms with van der Waals surface area (Å²) in [6, 6.07) is 3.67. The summed E-state index contributed by atoms with van der Waals surface area (Å²) in [4.78, 5) is 0. The van der Waals surface area contributed by atoms with Crippen LogP contribution in [0.2, 0.25) is 0 Å². The Morgan fingerprint density at radius 1 is 1.24 bits per heavy atom. The Kier molecular flexibility index (Phi) is 3.72. The zero-order chi connectivity index (χ0) is 13.2. The zero-order valence-electron chi connectivity index (χ0n) is 10.4. The van der Waals surface area contributed by atoms with E-state index >= 15 is 0 Å². The molecule has 2 nitrogen and oxygen atoms in total. The minimum Gasteiger partial charge on any atom is -0.377 e. The van der Waals surface area contributed by atoms with Gasteiger partial charge in [0.25, 0.3) is 0 Å². The van der Waals surface area contributed by atoms with Gasteiger partial charge in [-0.15, -0.1) is 0 Å². The third-order valence-corrected chi connectivity index (χ3v) is 2.83. The predicted molar refractivity (Wildman–Crippen MR) is 63.6 cm³/mol. The molecule has 1 aromatic rings. The maximum atomic E-state index is 13.6. The van der Waals surface area contributed by atoms with Gasteiger partial charge in [-0.2, -0.15) is 5.26 Å². The van der Waals surface area contributed by atoms with Gasteiger partial charge >= 0.3 is 0 Å². The summed E-state index contributed by atoms with van der Waals surface area (Å²) in [6.45, 7) is 7.79. The van der Waals surface area contributed by atoms with E-state index in [1.54, 1.807) is 6.07 Å². The van der Waals surface area contributed by atoms with Gasteiger partial charge in [0.1, 0.15) is 5.69 Å². The first-order chi connectivity index (χ1) is 7.75. The Morgan fingerprint density at radius 3 is 2.06 bits per heavy atom. The molecule has 0 aliphatic rings. The quantitative estimate of drug-likeness (QED) is 0.853. The van der Waals surface area contributed by atoms with Gasteiger partial charge < -0.3 is 5.32 Å². The summed E-state index contributed by atoms with van der Waals surface area (Å²) in [5.74, 6) is -1.48. The predicted octanol–water partition coefficient (Wildman–Crippen LogP) is 3.68. The molecule has 0 aliphatic heterocycles. The molecule has 1 atom stereocenters. The molecule has 1 unspecified atom stereocenters. The Balaban J connectivity index is 3.05. The van der Waals surface area contributed by atoms with Crippen LogP contribution in [0.3, 0.4) is 0 Å². The van der Waals surface area contributed by atoms with Crippen molar-refractivity contribution in [2.45, 2.75) is 33.7 Å². The first-order valence-corrected chi connectivity index (χ1v) is 5.41. The smallest absolute Gasteiger partial charge is 0.150 e.